The van der Waals surface area contributed by atoms with Crippen molar-refractivity contribution in [1.29, 1.82) is 0 Å². The molecule has 46 valence electrons. The maximum absolute atomic E-state index is 8.64. The Hall–Kier alpha value is -0.300. The van der Waals surface area contributed by atoms with E-state index in [-0.39, 0.29) is 0 Å². The van der Waals surface area contributed by atoms with Crippen LogP contribution < -0.4 is 0 Å². The van der Waals surface area contributed by atoms with Crippen LogP contribution in [-0.4, -0.2) is 11.7 Å². The van der Waals surface area contributed by atoms with Crippen molar-refractivity contribution >= 4 is 0 Å². The van der Waals surface area contributed by atoms with Crippen LogP contribution in [0.4, 0.5) is 0 Å². The normalized spacial score (nSPS) is 29.1. The van der Waals surface area contributed by atoms with Gasteiger partial charge in [-0.15, -0.1) is 0 Å². The Morgan fingerprint density at radius 2 is 2.50 bits per heavy atom. The third-order valence-electron chi connectivity index (χ3n) is 1.74. The summed E-state index contributed by atoms with van der Waals surface area (Å²) in [4.78, 5) is 0. The predicted octanol–water partition coefficient (Wildman–Crippen LogP) is 1.33. The van der Waals surface area contributed by atoms with Crippen molar-refractivity contribution in [3.05, 3.63) is 12.2 Å². The molecule has 0 aromatic heterocycles. The van der Waals surface area contributed by atoms with Gasteiger partial charge >= 0.3 is 0 Å². The first-order valence-corrected chi connectivity index (χ1v) is 3.10. The minimum absolute atomic E-state index is 0.346. The van der Waals surface area contributed by atoms with Crippen molar-refractivity contribution in [3.63, 3.8) is 0 Å². The standard InChI is InChI=1S/C7H12O/c1-6-2-3-7(4-6)5-8/h7-8H,1-5H2/t7-/m0/s1. The van der Waals surface area contributed by atoms with Crippen LogP contribution in [0.3, 0.4) is 0 Å². The first-order chi connectivity index (χ1) is 3.83. The molecule has 0 aromatic rings. The monoisotopic (exact) mass is 112 g/mol. The van der Waals surface area contributed by atoms with E-state index >= 15 is 0 Å². The molecule has 1 saturated carbocycles. The van der Waals surface area contributed by atoms with Crippen LogP contribution in [0.5, 0.6) is 0 Å². The molecule has 0 spiro atoms. The average Bonchev–Trinajstić information content (AvgIpc) is 2.14. The number of rotatable bonds is 1. The van der Waals surface area contributed by atoms with Crippen LogP contribution >= 0.6 is 0 Å². The Morgan fingerprint density at radius 3 is 2.75 bits per heavy atom. The van der Waals surface area contributed by atoms with Gasteiger partial charge in [-0.1, -0.05) is 12.2 Å². The Morgan fingerprint density at radius 1 is 1.75 bits per heavy atom. The van der Waals surface area contributed by atoms with E-state index in [1.165, 1.54) is 5.57 Å². The third kappa shape index (κ3) is 1.10. The quantitative estimate of drug-likeness (QED) is 0.507. The van der Waals surface area contributed by atoms with Crippen LogP contribution in [0.15, 0.2) is 12.2 Å². The molecule has 0 heterocycles. The van der Waals surface area contributed by atoms with Gasteiger partial charge in [-0.05, 0) is 25.2 Å². The van der Waals surface area contributed by atoms with E-state index in [1.54, 1.807) is 0 Å². The van der Waals surface area contributed by atoms with Gasteiger partial charge in [0.15, 0.2) is 0 Å². The van der Waals surface area contributed by atoms with Crippen molar-refractivity contribution in [1.82, 2.24) is 0 Å². The first kappa shape index (κ1) is 5.83. The predicted molar refractivity (Wildman–Crippen MR) is 33.6 cm³/mol. The zero-order valence-electron chi connectivity index (χ0n) is 5.06. The molecule has 1 N–H and O–H groups in total. The lowest BCUT2D eigenvalue weighted by Crippen LogP contribution is -1.97. The van der Waals surface area contributed by atoms with Crippen LogP contribution in [0, 0.1) is 5.92 Å². The highest BCUT2D eigenvalue weighted by Crippen LogP contribution is 2.27. The highest BCUT2D eigenvalue weighted by atomic mass is 16.3. The molecule has 1 aliphatic carbocycles. The molecule has 0 saturated heterocycles. The fraction of sp³-hybridized carbons (Fsp3) is 0.714. The van der Waals surface area contributed by atoms with Crippen LogP contribution in [0.2, 0.25) is 0 Å². The van der Waals surface area contributed by atoms with Crippen molar-refractivity contribution in [3.8, 4) is 0 Å². The SMILES string of the molecule is C=C1CC[C@H](CO)C1. The van der Waals surface area contributed by atoms with Gasteiger partial charge in [0.2, 0.25) is 0 Å². The largest absolute Gasteiger partial charge is 0.396 e. The number of hydrogen-bond acceptors (Lipinski definition) is 1. The van der Waals surface area contributed by atoms with E-state index in [0.29, 0.717) is 12.5 Å². The number of aliphatic hydroxyl groups excluding tert-OH is 1. The van der Waals surface area contributed by atoms with Gasteiger partial charge in [0.05, 0.1) is 0 Å². The van der Waals surface area contributed by atoms with E-state index < -0.39 is 0 Å². The van der Waals surface area contributed by atoms with Gasteiger partial charge in [-0.2, -0.15) is 0 Å². The summed E-state index contributed by atoms with van der Waals surface area (Å²) in [5.41, 5.74) is 1.31. The minimum Gasteiger partial charge on any atom is -0.396 e. The maximum atomic E-state index is 8.64. The zero-order valence-corrected chi connectivity index (χ0v) is 5.06. The molecular formula is C7H12O. The fourth-order valence-corrected chi connectivity index (χ4v) is 1.18. The molecule has 1 nitrogen and oxygen atoms in total. The molecule has 1 rings (SSSR count). The van der Waals surface area contributed by atoms with E-state index in [2.05, 4.69) is 6.58 Å². The van der Waals surface area contributed by atoms with Gasteiger partial charge < -0.3 is 5.11 Å². The Labute approximate surface area is 50.0 Å². The minimum atomic E-state index is 0.346. The summed E-state index contributed by atoms with van der Waals surface area (Å²) in [7, 11) is 0. The van der Waals surface area contributed by atoms with Gasteiger partial charge in [0.1, 0.15) is 0 Å². The second-order valence-corrected chi connectivity index (χ2v) is 2.54. The molecule has 1 atom stereocenters. The molecule has 0 bridgehead atoms. The third-order valence-corrected chi connectivity index (χ3v) is 1.74. The summed E-state index contributed by atoms with van der Waals surface area (Å²) in [6.07, 6.45) is 3.33. The molecule has 1 aliphatic rings. The van der Waals surface area contributed by atoms with Gasteiger partial charge in [0, 0.05) is 6.61 Å². The molecule has 1 fully saturated rings. The lowest BCUT2D eigenvalue weighted by molar-refractivity contribution is 0.231. The topological polar surface area (TPSA) is 20.2 Å². The van der Waals surface area contributed by atoms with Gasteiger partial charge in [-0.25, -0.2) is 0 Å². The lowest BCUT2D eigenvalue weighted by atomic mass is 10.1. The highest BCUT2D eigenvalue weighted by Gasteiger charge is 2.15. The molecule has 0 radical (unpaired) electrons. The van der Waals surface area contributed by atoms with E-state index in [4.69, 9.17) is 5.11 Å². The van der Waals surface area contributed by atoms with Crippen molar-refractivity contribution in [2.45, 2.75) is 19.3 Å². The summed E-state index contributed by atoms with van der Waals surface area (Å²) >= 11 is 0. The molecule has 0 unspecified atom stereocenters. The number of allylic oxidation sites excluding steroid dienone is 1. The summed E-state index contributed by atoms with van der Waals surface area (Å²) in [5.74, 6) is 0.530. The van der Waals surface area contributed by atoms with Gasteiger partial charge in [-0.3, -0.25) is 0 Å². The fourth-order valence-electron chi connectivity index (χ4n) is 1.18. The molecule has 0 amide bonds. The lowest BCUT2D eigenvalue weighted by Gasteiger charge is -1.99. The summed E-state index contributed by atoms with van der Waals surface area (Å²) in [6, 6.07) is 0. The molecular weight excluding hydrogens is 100 g/mol. The first-order valence-electron chi connectivity index (χ1n) is 3.10. The molecule has 1 heteroatoms. The van der Waals surface area contributed by atoms with Crippen molar-refractivity contribution < 1.29 is 5.11 Å². The Bertz CT molecular complexity index is 96.6. The van der Waals surface area contributed by atoms with Crippen LogP contribution in [0.1, 0.15) is 19.3 Å². The van der Waals surface area contributed by atoms with E-state index in [1.807, 2.05) is 0 Å². The van der Waals surface area contributed by atoms with Crippen molar-refractivity contribution in [2.24, 2.45) is 5.92 Å². The van der Waals surface area contributed by atoms with Crippen LogP contribution in [-0.2, 0) is 0 Å². The Balaban J connectivity index is 2.32. The zero-order chi connectivity index (χ0) is 5.98. The summed E-state index contributed by atoms with van der Waals surface area (Å²) in [5, 5.41) is 8.64. The Kier molecular flexibility index (Phi) is 1.69. The maximum Gasteiger partial charge on any atom is 0.0462 e. The second-order valence-electron chi connectivity index (χ2n) is 2.54. The highest BCUT2D eigenvalue weighted by molar-refractivity contribution is 5.01. The second kappa shape index (κ2) is 2.31. The smallest absolute Gasteiger partial charge is 0.0462 e. The number of hydrogen-bond donors (Lipinski definition) is 1. The summed E-state index contributed by atoms with van der Waals surface area (Å²) < 4.78 is 0. The molecule has 0 aromatic carbocycles. The number of aliphatic hydroxyl groups is 1. The van der Waals surface area contributed by atoms with E-state index in [9.17, 15) is 0 Å². The van der Waals surface area contributed by atoms with Crippen molar-refractivity contribution in [2.75, 3.05) is 6.61 Å². The average molecular weight is 112 g/mol. The molecule has 8 heavy (non-hydrogen) atoms. The van der Waals surface area contributed by atoms with E-state index in [0.717, 1.165) is 19.3 Å². The molecule has 0 aliphatic heterocycles. The van der Waals surface area contributed by atoms with Crippen LogP contribution in [0.25, 0.3) is 0 Å². The summed E-state index contributed by atoms with van der Waals surface area (Å²) in [6.45, 7) is 4.19. The van der Waals surface area contributed by atoms with Gasteiger partial charge in [0.25, 0.3) is 0 Å².